The fourth-order valence-corrected chi connectivity index (χ4v) is 5.71. The molecule has 0 saturated carbocycles. The Morgan fingerprint density at radius 3 is 2.70 bits per heavy atom. The summed E-state index contributed by atoms with van der Waals surface area (Å²) >= 11 is 0. The average Bonchev–Trinajstić information content (AvgIpc) is 2.36. The number of hydrogen-bond acceptors (Lipinski definition) is 0. The minimum absolute atomic E-state index is 0.870. The van der Waals surface area contributed by atoms with Gasteiger partial charge in [0.15, 0.2) is 0 Å². The Morgan fingerprint density at radius 1 is 1.10 bits per heavy atom. The minimum Gasteiger partial charge on any atom is -0.0438 e. The van der Waals surface area contributed by atoms with Gasteiger partial charge in [-0.3, -0.25) is 0 Å². The average molecular weight is 157 g/mol. The van der Waals surface area contributed by atoms with Gasteiger partial charge in [0.1, 0.15) is 16.3 Å². The van der Waals surface area contributed by atoms with Crippen molar-refractivity contribution in [1.29, 1.82) is 0 Å². The van der Waals surface area contributed by atoms with Crippen LogP contribution in [0.4, 0.5) is 0 Å². The van der Waals surface area contributed by atoms with E-state index in [2.05, 4.69) is 6.92 Å². The van der Waals surface area contributed by atoms with Crippen LogP contribution < -0.4 is 0 Å². The van der Waals surface area contributed by atoms with Gasteiger partial charge in [0, 0.05) is 0 Å². The van der Waals surface area contributed by atoms with Crippen LogP contribution in [-0.4, -0.2) is 16.3 Å². The summed E-state index contributed by atoms with van der Waals surface area (Å²) in [6.07, 6.45) is 7.72. The molecule has 0 bridgehead atoms. The van der Waals surface area contributed by atoms with Crippen LogP contribution in [0.1, 0.15) is 39.0 Å². The monoisotopic (exact) mass is 157 g/mol. The van der Waals surface area contributed by atoms with E-state index in [1.807, 2.05) is 0 Å². The molecule has 1 heteroatoms. The lowest BCUT2D eigenvalue weighted by molar-refractivity contribution is 0.606. The summed E-state index contributed by atoms with van der Waals surface area (Å²) in [5, 5.41) is 2.25. The van der Waals surface area contributed by atoms with Gasteiger partial charge >= 0.3 is 0 Å². The van der Waals surface area contributed by atoms with Crippen LogP contribution in [-0.2, 0) is 10.9 Å². The SMILES string of the molecule is C[C@H]1CCC[C@@H]2CCC[S+]21. The molecule has 0 N–H and O–H groups in total. The van der Waals surface area contributed by atoms with E-state index in [-0.39, 0.29) is 0 Å². The highest BCUT2D eigenvalue weighted by atomic mass is 32.2. The van der Waals surface area contributed by atoms with Crippen LogP contribution in [0.3, 0.4) is 0 Å². The predicted octanol–water partition coefficient (Wildman–Crippen LogP) is 2.34. The van der Waals surface area contributed by atoms with Crippen LogP contribution in [0.2, 0.25) is 0 Å². The first-order valence-electron chi connectivity index (χ1n) is 4.56. The van der Waals surface area contributed by atoms with Crippen LogP contribution >= 0.6 is 0 Å². The Morgan fingerprint density at radius 2 is 1.90 bits per heavy atom. The van der Waals surface area contributed by atoms with Crippen LogP contribution in [0.25, 0.3) is 0 Å². The van der Waals surface area contributed by atoms with Gasteiger partial charge < -0.3 is 0 Å². The van der Waals surface area contributed by atoms with Gasteiger partial charge in [-0.05, 0) is 49.9 Å². The summed E-state index contributed by atoms with van der Waals surface area (Å²) in [4.78, 5) is 0. The molecule has 0 aromatic rings. The molecular weight excluding hydrogens is 140 g/mol. The topological polar surface area (TPSA) is 0 Å². The van der Waals surface area contributed by atoms with E-state index < -0.39 is 0 Å². The van der Waals surface area contributed by atoms with E-state index in [1.165, 1.54) is 24.5 Å². The van der Waals surface area contributed by atoms with E-state index >= 15 is 0 Å². The maximum atomic E-state index is 2.47. The van der Waals surface area contributed by atoms with E-state index in [1.54, 1.807) is 18.6 Å². The molecule has 0 amide bonds. The summed E-state index contributed by atoms with van der Waals surface area (Å²) < 4.78 is 0. The first-order chi connectivity index (χ1) is 4.88. The molecule has 0 aromatic heterocycles. The van der Waals surface area contributed by atoms with Crippen molar-refractivity contribution in [2.75, 3.05) is 5.75 Å². The smallest absolute Gasteiger partial charge is 0.0438 e. The van der Waals surface area contributed by atoms with Crippen molar-refractivity contribution in [2.45, 2.75) is 49.5 Å². The third-order valence-electron chi connectivity index (χ3n) is 2.99. The molecule has 0 radical (unpaired) electrons. The summed E-state index contributed by atoms with van der Waals surface area (Å²) in [5.41, 5.74) is 0. The summed E-state index contributed by atoms with van der Waals surface area (Å²) in [5.74, 6) is 1.58. The van der Waals surface area contributed by atoms with Crippen molar-refractivity contribution >= 4 is 10.9 Å². The fraction of sp³-hybridized carbons (Fsp3) is 1.00. The summed E-state index contributed by atoms with van der Waals surface area (Å²) in [6, 6.07) is 0. The maximum Gasteiger partial charge on any atom is 0.118 e. The molecule has 2 aliphatic heterocycles. The Hall–Kier alpha value is 0.350. The molecule has 10 heavy (non-hydrogen) atoms. The molecule has 1 unspecified atom stereocenters. The minimum atomic E-state index is 0.870. The number of rotatable bonds is 0. The van der Waals surface area contributed by atoms with E-state index in [9.17, 15) is 0 Å². The lowest BCUT2D eigenvalue weighted by atomic mass is 10.1. The van der Waals surface area contributed by atoms with Crippen molar-refractivity contribution in [1.82, 2.24) is 0 Å². The van der Waals surface area contributed by atoms with Crippen LogP contribution in [0, 0.1) is 0 Å². The van der Waals surface area contributed by atoms with Gasteiger partial charge in [-0.2, -0.15) is 0 Å². The van der Waals surface area contributed by atoms with Crippen molar-refractivity contribution in [2.24, 2.45) is 0 Å². The van der Waals surface area contributed by atoms with Gasteiger partial charge in [-0.1, -0.05) is 0 Å². The van der Waals surface area contributed by atoms with Crippen LogP contribution in [0.5, 0.6) is 0 Å². The molecule has 2 heterocycles. The number of fused-ring (bicyclic) bond motifs is 1. The molecular formula is C9H17S+. The molecule has 2 fully saturated rings. The van der Waals surface area contributed by atoms with E-state index in [0.29, 0.717) is 0 Å². The van der Waals surface area contributed by atoms with Crippen molar-refractivity contribution < 1.29 is 0 Å². The number of hydrogen-bond donors (Lipinski definition) is 0. The van der Waals surface area contributed by atoms with Gasteiger partial charge in [-0.25, -0.2) is 0 Å². The zero-order chi connectivity index (χ0) is 6.97. The maximum absolute atomic E-state index is 2.47. The third kappa shape index (κ3) is 1.09. The van der Waals surface area contributed by atoms with Gasteiger partial charge in [0.2, 0.25) is 0 Å². The Balaban J connectivity index is 2.03. The normalized spacial score (nSPS) is 47.1. The first-order valence-corrected chi connectivity index (χ1v) is 6.08. The summed E-state index contributed by atoms with van der Waals surface area (Å²) in [6.45, 7) is 2.47. The zero-order valence-corrected chi connectivity index (χ0v) is 7.62. The molecule has 3 atom stereocenters. The highest BCUT2D eigenvalue weighted by Gasteiger charge is 2.42. The standard InChI is InChI=1S/C9H17S/c1-8-4-2-5-9-6-3-7-10(8)9/h8-9H,2-7H2,1H3/q+1/t8-,9+,10?/m0/s1. The highest BCUT2D eigenvalue weighted by molar-refractivity contribution is 7.98. The van der Waals surface area contributed by atoms with Gasteiger partial charge in [0.25, 0.3) is 0 Å². The molecule has 0 aromatic carbocycles. The molecule has 0 spiro atoms. The first kappa shape index (κ1) is 7.02. The van der Waals surface area contributed by atoms with Gasteiger partial charge in [-0.15, -0.1) is 0 Å². The van der Waals surface area contributed by atoms with E-state index in [0.717, 1.165) is 16.1 Å². The second-order valence-electron chi connectivity index (χ2n) is 3.68. The van der Waals surface area contributed by atoms with Crippen molar-refractivity contribution in [3.05, 3.63) is 0 Å². The van der Waals surface area contributed by atoms with Crippen molar-refractivity contribution in [3.63, 3.8) is 0 Å². The van der Waals surface area contributed by atoms with Crippen LogP contribution in [0.15, 0.2) is 0 Å². The third-order valence-corrected chi connectivity index (χ3v) is 6.35. The van der Waals surface area contributed by atoms with Crippen molar-refractivity contribution in [3.8, 4) is 0 Å². The summed E-state index contributed by atoms with van der Waals surface area (Å²) in [7, 11) is 0.870. The fourth-order valence-electron chi connectivity index (χ4n) is 2.41. The Kier molecular flexibility index (Phi) is 1.94. The molecule has 0 aliphatic carbocycles. The Labute approximate surface area is 66.7 Å². The highest BCUT2D eigenvalue weighted by Crippen LogP contribution is 2.35. The molecule has 2 aliphatic rings. The largest absolute Gasteiger partial charge is 0.118 e. The predicted molar refractivity (Wildman–Crippen MR) is 48.6 cm³/mol. The Bertz CT molecular complexity index is 122. The lowest BCUT2D eigenvalue weighted by Gasteiger charge is -2.22. The molecule has 58 valence electrons. The molecule has 2 saturated heterocycles. The zero-order valence-electron chi connectivity index (χ0n) is 6.81. The second kappa shape index (κ2) is 2.77. The lowest BCUT2D eigenvalue weighted by Crippen LogP contribution is -2.31. The molecule has 0 nitrogen and oxygen atoms in total. The second-order valence-corrected chi connectivity index (χ2v) is 6.50. The quantitative estimate of drug-likeness (QED) is 0.473. The van der Waals surface area contributed by atoms with E-state index in [4.69, 9.17) is 0 Å². The van der Waals surface area contributed by atoms with Gasteiger partial charge in [0.05, 0.1) is 0 Å². The molecule has 2 rings (SSSR count).